The van der Waals surface area contributed by atoms with Crippen LogP contribution in [0.4, 0.5) is 0 Å². The van der Waals surface area contributed by atoms with E-state index in [0.717, 1.165) is 37.5 Å². The van der Waals surface area contributed by atoms with Crippen molar-refractivity contribution < 1.29 is 9.53 Å². The summed E-state index contributed by atoms with van der Waals surface area (Å²) >= 11 is 0. The highest BCUT2D eigenvalue weighted by Gasteiger charge is 2.48. The van der Waals surface area contributed by atoms with Crippen LogP contribution < -0.4 is 0 Å². The molecule has 2 unspecified atom stereocenters. The third-order valence-corrected chi connectivity index (χ3v) is 3.32. The Morgan fingerprint density at radius 1 is 1.31 bits per heavy atom. The van der Waals surface area contributed by atoms with Gasteiger partial charge >= 0.3 is 5.97 Å². The summed E-state index contributed by atoms with van der Waals surface area (Å²) in [5, 5.41) is 0. The minimum absolute atomic E-state index is 0.0700. The molecule has 0 aliphatic heterocycles. The van der Waals surface area contributed by atoms with Crippen molar-refractivity contribution in [3.05, 3.63) is 0 Å². The fourth-order valence-electron chi connectivity index (χ4n) is 2.34. The lowest BCUT2D eigenvalue weighted by atomic mass is 10.0. The standard InChI is InChI=1S/C11H18O2/c1-2-3-4-13-11(12)10-6-8-5-9(8)7-10/h8-10H,2-7H2,1H3. The van der Waals surface area contributed by atoms with E-state index >= 15 is 0 Å². The number of hydrogen-bond acceptors (Lipinski definition) is 2. The molecule has 2 fully saturated rings. The van der Waals surface area contributed by atoms with Gasteiger partial charge in [-0.05, 0) is 37.5 Å². The molecule has 2 rings (SSSR count). The Balaban J connectivity index is 1.66. The van der Waals surface area contributed by atoms with E-state index in [2.05, 4.69) is 6.92 Å². The van der Waals surface area contributed by atoms with E-state index in [4.69, 9.17) is 4.74 Å². The maximum Gasteiger partial charge on any atom is 0.308 e. The summed E-state index contributed by atoms with van der Waals surface area (Å²) < 4.78 is 5.20. The molecule has 0 aromatic carbocycles. The zero-order valence-corrected chi connectivity index (χ0v) is 8.29. The van der Waals surface area contributed by atoms with Gasteiger partial charge in [-0.15, -0.1) is 0 Å². The van der Waals surface area contributed by atoms with Crippen molar-refractivity contribution >= 4 is 5.97 Å². The number of carbonyl (C=O) groups excluding carboxylic acids is 1. The lowest BCUT2D eigenvalue weighted by Crippen LogP contribution is -2.16. The van der Waals surface area contributed by atoms with Crippen molar-refractivity contribution in [3.63, 3.8) is 0 Å². The van der Waals surface area contributed by atoms with Crippen molar-refractivity contribution in [1.29, 1.82) is 0 Å². The van der Waals surface area contributed by atoms with Crippen molar-refractivity contribution in [2.75, 3.05) is 6.61 Å². The molecule has 0 bridgehead atoms. The number of unbranched alkanes of at least 4 members (excludes halogenated alkanes) is 1. The lowest BCUT2D eigenvalue weighted by Gasteiger charge is -2.10. The molecule has 0 N–H and O–H groups in total. The van der Waals surface area contributed by atoms with Gasteiger partial charge in [0, 0.05) is 0 Å². The van der Waals surface area contributed by atoms with Gasteiger partial charge in [0.2, 0.25) is 0 Å². The summed E-state index contributed by atoms with van der Waals surface area (Å²) in [5.74, 6) is 2.08. The highest BCUT2D eigenvalue weighted by atomic mass is 16.5. The minimum atomic E-state index is 0.0700. The molecular formula is C11H18O2. The summed E-state index contributed by atoms with van der Waals surface area (Å²) in [5.41, 5.74) is 0. The molecule has 2 aliphatic rings. The average Bonchev–Trinajstić information content (AvgIpc) is 2.74. The van der Waals surface area contributed by atoms with Gasteiger partial charge in [-0.3, -0.25) is 4.79 Å². The Morgan fingerprint density at radius 2 is 2.00 bits per heavy atom. The van der Waals surface area contributed by atoms with Crippen molar-refractivity contribution in [3.8, 4) is 0 Å². The first-order valence-electron chi connectivity index (χ1n) is 5.48. The van der Waals surface area contributed by atoms with Crippen LogP contribution in [0.25, 0.3) is 0 Å². The SMILES string of the molecule is CCCCOC(=O)C1CC2CC2C1. The number of rotatable bonds is 4. The molecule has 0 heterocycles. The van der Waals surface area contributed by atoms with Gasteiger partial charge in [0.25, 0.3) is 0 Å². The summed E-state index contributed by atoms with van der Waals surface area (Å²) in [6.45, 7) is 2.74. The predicted octanol–water partition coefficient (Wildman–Crippen LogP) is 2.38. The van der Waals surface area contributed by atoms with Gasteiger partial charge in [-0.2, -0.15) is 0 Å². The number of fused-ring (bicyclic) bond motifs is 1. The van der Waals surface area contributed by atoms with Crippen molar-refractivity contribution in [2.45, 2.75) is 39.0 Å². The van der Waals surface area contributed by atoms with E-state index in [9.17, 15) is 4.79 Å². The van der Waals surface area contributed by atoms with E-state index in [-0.39, 0.29) is 11.9 Å². The molecule has 2 nitrogen and oxygen atoms in total. The molecule has 2 aliphatic carbocycles. The molecule has 0 saturated heterocycles. The molecule has 0 amide bonds. The van der Waals surface area contributed by atoms with Crippen LogP contribution in [0, 0.1) is 17.8 Å². The third-order valence-electron chi connectivity index (χ3n) is 3.32. The molecule has 0 aromatic rings. The zero-order chi connectivity index (χ0) is 9.26. The van der Waals surface area contributed by atoms with Gasteiger partial charge in [-0.1, -0.05) is 13.3 Å². The number of carbonyl (C=O) groups is 1. The van der Waals surface area contributed by atoms with Crippen LogP contribution >= 0.6 is 0 Å². The summed E-state index contributed by atoms with van der Waals surface area (Å²) in [7, 11) is 0. The third kappa shape index (κ3) is 2.04. The topological polar surface area (TPSA) is 26.3 Å². The van der Waals surface area contributed by atoms with E-state index < -0.39 is 0 Å². The molecule has 0 aromatic heterocycles. The van der Waals surface area contributed by atoms with E-state index in [1.54, 1.807) is 0 Å². The maximum absolute atomic E-state index is 11.5. The Hall–Kier alpha value is -0.530. The van der Waals surface area contributed by atoms with Gasteiger partial charge in [0.1, 0.15) is 0 Å². The molecule has 2 atom stereocenters. The molecule has 74 valence electrons. The second kappa shape index (κ2) is 3.69. The quantitative estimate of drug-likeness (QED) is 0.493. The first-order chi connectivity index (χ1) is 6.31. The average molecular weight is 182 g/mol. The van der Waals surface area contributed by atoms with Crippen LogP contribution in [0.5, 0.6) is 0 Å². The summed E-state index contributed by atoms with van der Waals surface area (Å²) in [6.07, 6.45) is 5.69. The molecule has 2 saturated carbocycles. The summed E-state index contributed by atoms with van der Waals surface area (Å²) in [4.78, 5) is 11.5. The second-order valence-electron chi connectivity index (χ2n) is 4.45. The monoisotopic (exact) mass is 182 g/mol. The van der Waals surface area contributed by atoms with E-state index in [0.29, 0.717) is 6.61 Å². The zero-order valence-electron chi connectivity index (χ0n) is 8.29. The van der Waals surface area contributed by atoms with E-state index in [1.807, 2.05) is 0 Å². The van der Waals surface area contributed by atoms with Gasteiger partial charge in [-0.25, -0.2) is 0 Å². The Morgan fingerprint density at radius 3 is 2.62 bits per heavy atom. The number of ether oxygens (including phenoxy) is 1. The smallest absolute Gasteiger partial charge is 0.308 e. The maximum atomic E-state index is 11.5. The fraction of sp³-hybridized carbons (Fsp3) is 0.909. The molecule has 13 heavy (non-hydrogen) atoms. The first-order valence-corrected chi connectivity index (χ1v) is 5.48. The van der Waals surface area contributed by atoms with Gasteiger partial charge < -0.3 is 4.74 Å². The van der Waals surface area contributed by atoms with Crippen LogP contribution in [0.15, 0.2) is 0 Å². The lowest BCUT2D eigenvalue weighted by molar-refractivity contribution is -0.148. The van der Waals surface area contributed by atoms with Crippen LogP contribution in [0.3, 0.4) is 0 Å². The molecule has 0 radical (unpaired) electrons. The minimum Gasteiger partial charge on any atom is -0.465 e. The highest BCUT2D eigenvalue weighted by molar-refractivity contribution is 5.73. The van der Waals surface area contributed by atoms with Crippen LogP contribution in [0.1, 0.15) is 39.0 Å². The fourth-order valence-corrected chi connectivity index (χ4v) is 2.34. The van der Waals surface area contributed by atoms with Gasteiger partial charge in [0.05, 0.1) is 12.5 Å². The Kier molecular flexibility index (Phi) is 2.56. The van der Waals surface area contributed by atoms with Crippen LogP contribution in [0.2, 0.25) is 0 Å². The van der Waals surface area contributed by atoms with Crippen molar-refractivity contribution in [2.24, 2.45) is 17.8 Å². The molecular weight excluding hydrogens is 164 g/mol. The largest absolute Gasteiger partial charge is 0.465 e. The predicted molar refractivity (Wildman–Crippen MR) is 50.2 cm³/mol. The van der Waals surface area contributed by atoms with Crippen molar-refractivity contribution in [1.82, 2.24) is 0 Å². The highest BCUT2D eigenvalue weighted by Crippen LogP contribution is 2.54. The van der Waals surface area contributed by atoms with Gasteiger partial charge in [0.15, 0.2) is 0 Å². The number of esters is 1. The van der Waals surface area contributed by atoms with Crippen LogP contribution in [-0.2, 0) is 9.53 Å². The second-order valence-corrected chi connectivity index (χ2v) is 4.45. The first kappa shape index (κ1) is 9.04. The van der Waals surface area contributed by atoms with E-state index in [1.165, 1.54) is 6.42 Å². The Bertz CT molecular complexity index is 190. The normalized spacial score (nSPS) is 35.6. The molecule has 0 spiro atoms. The molecule has 2 heteroatoms. The van der Waals surface area contributed by atoms with Crippen LogP contribution in [-0.4, -0.2) is 12.6 Å². The Labute approximate surface area is 79.7 Å². The summed E-state index contributed by atoms with van der Waals surface area (Å²) in [6, 6.07) is 0. The number of hydrogen-bond donors (Lipinski definition) is 0.